The van der Waals surface area contributed by atoms with Gasteiger partial charge in [-0.25, -0.2) is 4.98 Å². The first-order valence-electron chi connectivity index (χ1n) is 6.29. The van der Waals surface area contributed by atoms with Crippen molar-refractivity contribution in [1.82, 2.24) is 10.3 Å². The number of alkyl halides is 3. The van der Waals surface area contributed by atoms with Gasteiger partial charge >= 0.3 is 6.18 Å². The number of aromatic nitrogens is 1. The maximum Gasteiger partial charge on any atom is 0.391 e. The smallest absolute Gasteiger partial charge is 0.382 e. The van der Waals surface area contributed by atoms with Crippen molar-refractivity contribution in [1.29, 1.82) is 0 Å². The fraction of sp³-hybridized carbons (Fsp3) is 0.667. The van der Waals surface area contributed by atoms with Crippen LogP contribution < -0.4 is 16.4 Å². The number of hydrogen-bond acceptors (Lipinski definition) is 5. The van der Waals surface area contributed by atoms with E-state index in [0.29, 0.717) is 5.13 Å². The molecule has 1 aromatic heterocycles. The molecule has 0 aliphatic carbocycles. The minimum atomic E-state index is -4.33. The van der Waals surface area contributed by atoms with E-state index in [1.54, 1.807) is 0 Å². The van der Waals surface area contributed by atoms with E-state index in [1.165, 1.54) is 6.92 Å². The standard InChI is InChI=1S/C12H19F3N4OS/c1-6(5-12(13,14)15)17-9(20)7-8(16)18-10(21-7)19-11(2,3)4/h6H,5,16H2,1-4H3,(H,17,20)(H,18,19). The van der Waals surface area contributed by atoms with Gasteiger partial charge in [-0.05, 0) is 27.7 Å². The maximum absolute atomic E-state index is 12.2. The number of nitrogens with one attached hydrogen (secondary N) is 2. The molecule has 0 aliphatic rings. The highest BCUT2D eigenvalue weighted by Gasteiger charge is 2.31. The van der Waals surface area contributed by atoms with Gasteiger partial charge in [0.05, 0.1) is 6.42 Å². The summed E-state index contributed by atoms with van der Waals surface area (Å²) in [5.41, 5.74) is 5.38. The van der Waals surface area contributed by atoms with Crippen molar-refractivity contribution in [2.75, 3.05) is 11.1 Å². The topological polar surface area (TPSA) is 80.0 Å². The van der Waals surface area contributed by atoms with Crippen LogP contribution in [-0.4, -0.2) is 28.6 Å². The van der Waals surface area contributed by atoms with E-state index in [2.05, 4.69) is 15.6 Å². The van der Waals surface area contributed by atoms with Gasteiger partial charge in [0.1, 0.15) is 10.7 Å². The molecule has 1 atom stereocenters. The number of rotatable bonds is 4. The van der Waals surface area contributed by atoms with Crippen LogP contribution in [0, 0.1) is 0 Å². The van der Waals surface area contributed by atoms with Gasteiger partial charge in [-0.1, -0.05) is 11.3 Å². The Morgan fingerprint density at radius 3 is 2.43 bits per heavy atom. The van der Waals surface area contributed by atoms with Crippen molar-refractivity contribution in [3.05, 3.63) is 4.88 Å². The lowest BCUT2D eigenvalue weighted by Crippen LogP contribution is -2.35. The maximum atomic E-state index is 12.2. The Bertz CT molecular complexity index is 508. The summed E-state index contributed by atoms with van der Waals surface area (Å²) < 4.78 is 36.7. The molecule has 4 N–H and O–H groups in total. The lowest BCUT2D eigenvalue weighted by molar-refractivity contribution is -0.138. The molecule has 5 nitrogen and oxygen atoms in total. The average molecular weight is 324 g/mol. The van der Waals surface area contributed by atoms with E-state index in [1.807, 2.05) is 20.8 Å². The van der Waals surface area contributed by atoms with Crippen LogP contribution in [0.4, 0.5) is 24.1 Å². The number of anilines is 2. The number of thiazole rings is 1. The van der Waals surface area contributed by atoms with Crippen molar-refractivity contribution in [3.8, 4) is 0 Å². The Labute approximate surface area is 125 Å². The zero-order valence-corrected chi connectivity index (χ0v) is 13.1. The molecule has 0 aromatic carbocycles. The second-order valence-corrected chi connectivity index (χ2v) is 6.80. The number of hydrogen-bond donors (Lipinski definition) is 3. The van der Waals surface area contributed by atoms with Gasteiger partial charge in [0.15, 0.2) is 5.13 Å². The van der Waals surface area contributed by atoms with Gasteiger partial charge in [-0.2, -0.15) is 13.2 Å². The van der Waals surface area contributed by atoms with Crippen LogP contribution in [0.2, 0.25) is 0 Å². The molecule has 0 spiro atoms. The van der Waals surface area contributed by atoms with Crippen LogP contribution in [0.15, 0.2) is 0 Å². The van der Waals surface area contributed by atoms with Crippen LogP contribution in [-0.2, 0) is 0 Å². The molecule has 0 bridgehead atoms. The summed E-state index contributed by atoms with van der Waals surface area (Å²) in [5.74, 6) is -0.646. The number of carbonyl (C=O) groups is 1. The first kappa shape index (κ1) is 17.5. The molecule has 1 aromatic rings. The van der Waals surface area contributed by atoms with E-state index >= 15 is 0 Å². The molecule has 21 heavy (non-hydrogen) atoms. The van der Waals surface area contributed by atoms with Gasteiger partial charge in [0.2, 0.25) is 0 Å². The molecule has 1 heterocycles. The largest absolute Gasteiger partial charge is 0.391 e. The van der Waals surface area contributed by atoms with Crippen molar-refractivity contribution >= 4 is 28.2 Å². The Hall–Kier alpha value is -1.51. The number of nitrogens with zero attached hydrogens (tertiary/aromatic N) is 1. The number of nitrogens with two attached hydrogens (primary N) is 1. The number of amides is 1. The van der Waals surface area contributed by atoms with Crippen LogP contribution in [0.1, 0.15) is 43.8 Å². The number of halogens is 3. The lowest BCUT2D eigenvalue weighted by Gasteiger charge is -2.19. The molecule has 0 fully saturated rings. The fourth-order valence-electron chi connectivity index (χ4n) is 1.56. The van der Waals surface area contributed by atoms with Crippen LogP contribution in [0.3, 0.4) is 0 Å². The summed E-state index contributed by atoms with van der Waals surface area (Å²) in [4.78, 5) is 16.0. The van der Waals surface area contributed by atoms with Crippen molar-refractivity contribution < 1.29 is 18.0 Å². The first-order valence-corrected chi connectivity index (χ1v) is 7.11. The monoisotopic (exact) mass is 324 g/mol. The van der Waals surface area contributed by atoms with Crippen molar-refractivity contribution in [2.45, 2.75) is 51.9 Å². The predicted molar refractivity (Wildman–Crippen MR) is 77.5 cm³/mol. The highest BCUT2D eigenvalue weighted by atomic mass is 32.1. The van der Waals surface area contributed by atoms with E-state index in [-0.39, 0.29) is 16.2 Å². The third-order valence-corrected chi connectivity index (χ3v) is 3.24. The molecule has 0 saturated heterocycles. The van der Waals surface area contributed by atoms with Gasteiger partial charge < -0.3 is 16.4 Å². The third-order valence-electron chi connectivity index (χ3n) is 2.26. The lowest BCUT2D eigenvalue weighted by atomic mass is 10.1. The highest BCUT2D eigenvalue weighted by Crippen LogP contribution is 2.27. The Morgan fingerprint density at radius 2 is 1.95 bits per heavy atom. The minimum Gasteiger partial charge on any atom is -0.382 e. The summed E-state index contributed by atoms with van der Waals surface area (Å²) >= 11 is 1.01. The Kier molecular flexibility index (Phi) is 5.08. The Morgan fingerprint density at radius 1 is 1.38 bits per heavy atom. The summed E-state index contributed by atoms with van der Waals surface area (Å²) in [6, 6.07) is -1.03. The van der Waals surface area contributed by atoms with Crippen molar-refractivity contribution in [3.63, 3.8) is 0 Å². The predicted octanol–water partition coefficient (Wildman–Crippen LogP) is 3.01. The second kappa shape index (κ2) is 6.08. The Balaban J connectivity index is 2.75. The van der Waals surface area contributed by atoms with E-state index in [0.717, 1.165) is 11.3 Å². The van der Waals surface area contributed by atoms with Crippen LogP contribution in [0.25, 0.3) is 0 Å². The summed E-state index contributed by atoms with van der Waals surface area (Å²) in [5, 5.41) is 5.78. The molecule has 0 saturated carbocycles. The van der Waals surface area contributed by atoms with E-state index in [9.17, 15) is 18.0 Å². The van der Waals surface area contributed by atoms with Gasteiger partial charge in [-0.15, -0.1) is 0 Å². The molecule has 0 radical (unpaired) electrons. The third kappa shape index (κ3) is 6.19. The first-order chi connectivity index (χ1) is 9.37. The van der Waals surface area contributed by atoms with Gasteiger partial charge in [0, 0.05) is 11.6 Å². The summed E-state index contributed by atoms with van der Waals surface area (Å²) in [6.45, 7) is 7.03. The molecular weight excluding hydrogens is 305 g/mol. The van der Waals surface area contributed by atoms with Gasteiger partial charge in [-0.3, -0.25) is 4.79 Å². The zero-order chi connectivity index (χ0) is 16.4. The highest BCUT2D eigenvalue weighted by molar-refractivity contribution is 7.18. The van der Waals surface area contributed by atoms with Crippen LogP contribution in [0.5, 0.6) is 0 Å². The number of carbonyl (C=O) groups excluding carboxylic acids is 1. The molecule has 9 heteroatoms. The van der Waals surface area contributed by atoms with Gasteiger partial charge in [0.25, 0.3) is 5.91 Å². The average Bonchev–Trinajstić information content (AvgIpc) is 2.53. The van der Waals surface area contributed by atoms with E-state index in [4.69, 9.17) is 5.73 Å². The van der Waals surface area contributed by atoms with E-state index < -0.39 is 24.5 Å². The summed E-state index contributed by atoms with van der Waals surface area (Å²) in [6.07, 6.45) is -5.42. The molecule has 1 amide bonds. The zero-order valence-electron chi connectivity index (χ0n) is 12.3. The molecule has 0 aliphatic heterocycles. The SMILES string of the molecule is CC(CC(F)(F)F)NC(=O)c1sc(NC(C)(C)C)nc1N. The molecular formula is C12H19F3N4OS. The quantitative estimate of drug-likeness (QED) is 0.795. The molecule has 1 unspecified atom stereocenters. The minimum absolute atomic E-state index is 0.00320. The number of nitrogen functional groups attached to an aromatic ring is 1. The molecule has 1 rings (SSSR count). The fourth-order valence-corrected chi connectivity index (χ4v) is 2.55. The summed E-state index contributed by atoms with van der Waals surface area (Å²) in [7, 11) is 0. The second-order valence-electron chi connectivity index (χ2n) is 5.80. The molecule has 120 valence electrons. The van der Waals surface area contributed by atoms with Crippen molar-refractivity contribution in [2.24, 2.45) is 0 Å². The normalized spacial score (nSPS) is 13.9. The van der Waals surface area contributed by atoms with Crippen LogP contribution >= 0.6 is 11.3 Å².